The van der Waals surface area contributed by atoms with E-state index in [4.69, 9.17) is 23.2 Å². The maximum atomic E-state index is 5.96. The van der Waals surface area contributed by atoms with Crippen LogP contribution in [0, 0.1) is 0 Å². The minimum absolute atomic E-state index is 0.491. The van der Waals surface area contributed by atoms with Crippen molar-refractivity contribution >= 4 is 34.2 Å². The molecule has 0 saturated heterocycles. The fourth-order valence-electron chi connectivity index (χ4n) is 1.39. The Morgan fingerprint density at radius 3 is 2.85 bits per heavy atom. The van der Waals surface area contributed by atoms with Gasteiger partial charge < -0.3 is 4.57 Å². The summed E-state index contributed by atoms with van der Waals surface area (Å²) in [4.78, 5) is 4.18. The van der Waals surface area contributed by atoms with Gasteiger partial charge in [-0.1, -0.05) is 17.7 Å². The molecule has 0 atom stereocenters. The minimum Gasteiger partial charge on any atom is -0.315 e. The molecular formula is C9H8Cl2N2. The summed E-state index contributed by atoms with van der Waals surface area (Å²) in [7, 11) is 0. The first kappa shape index (κ1) is 8.85. The van der Waals surface area contributed by atoms with Crippen molar-refractivity contribution in [3.63, 3.8) is 0 Å². The van der Waals surface area contributed by atoms with Gasteiger partial charge in [-0.15, -0.1) is 0 Å². The van der Waals surface area contributed by atoms with Crippen molar-refractivity contribution < 1.29 is 0 Å². The van der Waals surface area contributed by atoms with Gasteiger partial charge in [-0.2, -0.15) is 0 Å². The molecule has 1 aromatic heterocycles. The Hall–Kier alpha value is -0.730. The summed E-state index contributed by atoms with van der Waals surface area (Å²) < 4.78 is 1.92. The highest BCUT2D eigenvalue weighted by molar-refractivity contribution is 6.35. The second-order valence-electron chi connectivity index (χ2n) is 2.73. The van der Waals surface area contributed by atoms with E-state index in [1.807, 2.05) is 29.7 Å². The van der Waals surface area contributed by atoms with E-state index in [1.54, 1.807) is 0 Å². The van der Waals surface area contributed by atoms with E-state index in [0.717, 1.165) is 17.6 Å². The van der Waals surface area contributed by atoms with Gasteiger partial charge in [0.1, 0.15) is 5.52 Å². The highest BCUT2D eigenvalue weighted by Crippen LogP contribution is 2.25. The Morgan fingerprint density at radius 2 is 2.15 bits per heavy atom. The van der Waals surface area contributed by atoms with Crippen molar-refractivity contribution in [1.29, 1.82) is 0 Å². The van der Waals surface area contributed by atoms with Crippen LogP contribution in [0.2, 0.25) is 10.3 Å². The molecule has 68 valence electrons. The van der Waals surface area contributed by atoms with Crippen molar-refractivity contribution in [3.8, 4) is 0 Å². The van der Waals surface area contributed by atoms with Gasteiger partial charge >= 0.3 is 0 Å². The summed E-state index contributed by atoms with van der Waals surface area (Å²) >= 11 is 11.9. The van der Waals surface area contributed by atoms with Gasteiger partial charge in [0.25, 0.3) is 0 Å². The van der Waals surface area contributed by atoms with Crippen LogP contribution in [0.4, 0.5) is 0 Å². The first-order valence-electron chi connectivity index (χ1n) is 4.04. The number of rotatable bonds is 1. The van der Waals surface area contributed by atoms with Gasteiger partial charge in [0, 0.05) is 6.54 Å². The van der Waals surface area contributed by atoms with E-state index in [9.17, 15) is 0 Å². The monoisotopic (exact) mass is 214 g/mol. The lowest BCUT2D eigenvalue weighted by atomic mass is 10.3. The Kier molecular flexibility index (Phi) is 2.18. The van der Waals surface area contributed by atoms with Crippen LogP contribution in [0.3, 0.4) is 0 Å². The van der Waals surface area contributed by atoms with Crippen molar-refractivity contribution in [2.24, 2.45) is 0 Å². The molecule has 0 radical (unpaired) electrons. The highest BCUT2D eigenvalue weighted by atomic mass is 35.5. The minimum atomic E-state index is 0.491. The molecule has 0 N–H and O–H groups in total. The number of imidazole rings is 1. The van der Waals surface area contributed by atoms with Gasteiger partial charge in [0.15, 0.2) is 0 Å². The number of fused-ring (bicyclic) bond motifs is 1. The van der Waals surface area contributed by atoms with Crippen LogP contribution >= 0.6 is 23.2 Å². The summed E-state index contributed by atoms with van der Waals surface area (Å²) in [5.41, 5.74) is 1.76. The highest BCUT2D eigenvalue weighted by Gasteiger charge is 2.08. The fourth-order valence-corrected chi connectivity index (χ4v) is 1.89. The molecule has 2 rings (SSSR count). The zero-order valence-electron chi connectivity index (χ0n) is 7.09. The summed E-state index contributed by atoms with van der Waals surface area (Å²) in [6.45, 7) is 2.82. The number of halogens is 2. The topological polar surface area (TPSA) is 17.8 Å². The number of aryl methyl sites for hydroxylation is 1. The first-order valence-corrected chi connectivity index (χ1v) is 4.80. The third-order valence-corrected chi connectivity index (χ3v) is 2.59. The second-order valence-corrected chi connectivity index (χ2v) is 3.48. The lowest BCUT2D eigenvalue weighted by molar-refractivity contribution is 0.788. The average molecular weight is 215 g/mol. The third-order valence-electron chi connectivity index (χ3n) is 2.00. The number of para-hydroxylation sites is 1. The van der Waals surface area contributed by atoms with Crippen LogP contribution < -0.4 is 0 Å². The Bertz CT molecular complexity index is 448. The zero-order valence-corrected chi connectivity index (χ0v) is 8.60. The molecule has 0 saturated carbocycles. The molecule has 0 amide bonds. The molecule has 2 aromatic rings. The predicted octanol–water partition coefficient (Wildman–Crippen LogP) is 3.36. The zero-order chi connectivity index (χ0) is 9.42. The molecular weight excluding hydrogens is 207 g/mol. The van der Waals surface area contributed by atoms with Crippen molar-refractivity contribution in [2.45, 2.75) is 13.5 Å². The SMILES string of the molecule is CCn1c(Cl)nc2c(Cl)cccc21. The average Bonchev–Trinajstić information content (AvgIpc) is 2.43. The summed E-state index contributed by atoms with van der Waals surface area (Å²) in [6, 6.07) is 5.67. The number of nitrogens with zero attached hydrogens (tertiary/aromatic N) is 2. The van der Waals surface area contributed by atoms with Crippen LogP contribution in [-0.2, 0) is 6.54 Å². The molecule has 0 unspecified atom stereocenters. The molecule has 13 heavy (non-hydrogen) atoms. The fraction of sp³-hybridized carbons (Fsp3) is 0.222. The maximum Gasteiger partial charge on any atom is 0.203 e. The Labute approximate surface area is 86.1 Å². The Morgan fingerprint density at radius 1 is 1.38 bits per heavy atom. The molecule has 1 aromatic carbocycles. The number of hydrogen-bond acceptors (Lipinski definition) is 1. The molecule has 0 fully saturated rings. The van der Waals surface area contributed by atoms with E-state index in [2.05, 4.69) is 4.98 Å². The maximum absolute atomic E-state index is 5.96. The van der Waals surface area contributed by atoms with Crippen LogP contribution in [0.1, 0.15) is 6.92 Å². The lowest BCUT2D eigenvalue weighted by Crippen LogP contribution is -1.92. The van der Waals surface area contributed by atoms with Gasteiger partial charge in [-0.3, -0.25) is 0 Å². The van der Waals surface area contributed by atoms with E-state index in [0.29, 0.717) is 10.3 Å². The summed E-state index contributed by atoms with van der Waals surface area (Å²) in [5, 5.41) is 1.14. The van der Waals surface area contributed by atoms with Crippen molar-refractivity contribution in [2.75, 3.05) is 0 Å². The van der Waals surface area contributed by atoms with E-state index >= 15 is 0 Å². The van der Waals surface area contributed by atoms with Crippen LogP contribution in [-0.4, -0.2) is 9.55 Å². The normalized spacial score (nSPS) is 11.0. The molecule has 1 heterocycles. The van der Waals surface area contributed by atoms with E-state index in [1.165, 1.54) is 0 Å². The second kappa shape index (κ2) is 3.20. The molecule has 0 aliphatic rings. The van der Waals surface area contributed by atoms with E-state index < -0.39 is 0 Å². The number of aromatic nitrogens is 2. The molecule has 4 heteroatoms. The third kappa shape index (κ3) is 1.30. The lowest BCUT2D eigenvalue weighted by Gasteiger charge is -1.99. The first-order chi connectivity index (χ1) is 6.24. The number of benzene rings is 1. The quantitative estimate of drug-likeness (QED) is 0.713. The van der Waals surface area contributed by atoms with Gasteiger partial charge in [0.2, 0.25) is 5.28 Å². The van der Waals surface area contributed by atoms with Gasteiger partial charge in [-0.25, -0.2) is 4.98 Å². The Balaban J connectivity index is 2.86. The molecule has 0 aliphatic heterocycles. The molecule has 0 aliphatic carbocycles. The predicted molar refractivity (Wildman–Crippen MR) is 55.4 cm³/mol. The van der Waals surface area contributed by atoms with Crippen molar-refractivity contribution in [1.82, 2.24) is 9.55 Å². The van der Waals surface area contributed by atoms with Crippen LogP contribution in [0.15, 0.2) is 18.2 Å². The smallest absolute Gasteiger partial charge is 0.203 e. The number of hydrogen-bond donors (Lipinski definition) is 0. The molecule has 0 spiro atoms. The summed E-state index contributed by atoms with van der Waals surface area (Å²) in [6.07, 6.45) is 0. The van der Waals surface area contributed by atoms with Gasteiger partial charge in [-0.05, 0) is 30.7 Å². The van der Waals surface area contributed by atoms with Crippen LogP contribution in [0.5, 0.6) is 0 Å². The standard InChI is InChI=1S/C9H8Cl2N2/c1-2-13-7-5-3-4-6(10)8(7)12-9(13)11/h3-5H,2H2,1H3. The molecule has 0 bridgehead atoms. The van der Waals surface area contributed by atoms with Crippen molar-refractivity contribution in [3.05, 3.63) is 28.5 Å². The van der Waals surface area contributed by atoms with Crippen LogP contribution in [0.25, 0.3) is 11.0 Å². The van der Waals surface area contributed by atoms with Gasteiger partial charge in [0.05, 0.1) is 10.5 Å². The largest absolute Gasteiger partial charge is 0.315 e. The molecule has 2 nitrogen and oxygen atoms in total. The summed E-state index contributed by atoms with van der Waals surface area (Å²) in [5.74, 6) is 0. The van der Waals surface area contributed by atoms with E-state index in [-0.39, 0.29) is 0 Å².